The van der Waals surface area contributed by atoms with Crippen LogP contribution in [0.2, 0.25) is 0 Å². The summed E-state index contributed by atoms with van der Waals surface area (Å²) in [5.41, 5.74) is 9.12. The number of rotatable bonds is 8. The molecule has 4 N–H and O–H groups in total. The number of hydrogen-bond acceptors (Lipinski definition) is 5. The van der Waals surface area contributed by atoms with Crippen LogP contribution in [-0.4, -0.2) is 78.1 Å². The Hall–Kier alpha value is -2.45. The van der Waals surface area contributed by atoms with E-state index in [4.69, 9.17) is 10.5 Å². The second kappa shape index (κ2) is 11.7. The topological polar surface area (TPSA) is 99.3 Å². The molecule has 0 bridgehead atoms. The Morgan fingerprint density at radius 2 is 1.78 bits per heavy atom. The molecule has 0 unspecified atom stereocenters. The Kier molecular flexibility index (Phi) is 8.67. The number of hydrogen-bond donors (Lipinski definition) is 3. The summed E-state index contributed by atoms with van der Waals surface area (Å²) in [4.78, 5) is 16.8. The Balaban J connectivity index is 1.65. The number of nitrogens with two attached hydrogens (primary N) is 1. The summed E-state index contributed by atoms with van der Waals surface area (Å²) in [6, 6.07) is 15.9. The molecule has 2 heterocycles. The van der Waals surface area contributed by atoms with Gasteiger partial charge in [-0.15, -0.1) is 0 Å². The van der Waals surface area contributed by atoms with E-state index in [1.54, 1.807) is 12.0 Å². The van der Waals surface area contributed by atoms with Crippen molar-refractivity contribution < 1.29 is 19.7 Å². The molecule has 0 spiro atoms. The molecule has 2 amide bonds. The second-order valence-electron chi connectivity index (χ2n) is 10.4. The highest BCUT2D eigenvalue weighted by atomic mass is 16.5. The van der Waals surface area contributed by atoms with E-state index in [-0.39, 0.29) is 18.5 Å². The first-order chi connectivity index (χ1) is 17.3. The number of nitrogens with zero attached hydrogens (tertiary/aromatic N) is 2. The predicted molar refractivity (Wildman–Crippen MR) is 141 cm³/mol. The SMILES string of the molecule is COCCCC[C@@](O)(c1ccccc1-c1ccccc1C)[C@@H]1CCCN(C(=O)N2C[C@@H](N)[C@@H](O)C2)C1. The average molecular weight is 496 g/mol. The number of aliphatic hydroxyl groups is 2. The highest BCUT2D eigenvalue weighted by Crippen LogP contribution is 2.44. The van der Waals surface area contributed by atoms with E-state index in [9.17, 15) is 15.0 Å². The average Bonchev–Trinajstić information content (AvgIpc) is 3.24. The van der Waals surface area contributed by atoms with Gasteiger partial charge in [0.2, 0.25) is 0 Å². The number of carbonyl (C=O) groups is 1. The molecule has 2 saturated heterocycles. The lowest BCUT2D eigenvalue weighted by Crippen LogP contribution is -2.52. The molecule has 2 aliphatic rings. The summed E-state index contributed by atoms with van der Waals surface area (Å²) in [5.74, 6) is -0.107. The Labute approximate surface area is 214 Å². The zero-order valence-electron chi connectivity index (χ0n) is 21.6. The van der Waals surface area contributed by atoms with Crippen molar-refractivity contribution in [3.63, 3.8) is 0 Å². The number of unbranched alkanes of at least 4 members (excludes halogenated alkanes) is 1. The maximum absolute atomic E-state index is 13.3. The van der Waals surface area contributed by atoms with Gasteiger partial charge in [-0.25, -0.2) is 4.79 Å². The molecule has 2 aromatic carbocycles. The number of aryl methyl sites for hydroxylation is 1. The monoisotopic (exact) mass is 495 g/mol. The maximum atomic E-state index is 13.3. The van der Waals surface area contributed by atoms with Crippen LogP contribution in [0.5, 0.6) is 0 Å². The lowest BCUT2D eigenvalue weighted by molar-refractivity contribution is -0.0571. The van der Waals surface area contributed by atoms with Crippen LogP contribution < -0.4 is 5.73 Å². The van der Waals surface area contributed by atoms with Crippen molar-refractivity contribution >= 4 is 6.03 Å². The van der Waals surface area contributed by atoms with E-state index < -0.39 is 17.7 Å². The van der Waals surface area contributed by atoms with Crippen molar-refractivity contribution in [2.45, 2.75) is 56.8 Å². The number of amides is 2. The van der Waals surface area contributed by atoms with Gasteiger partial charge in [-0.2, -0.15) is 0 Å². The lowest BCUT2D eigenvalue weighted by atomic mass is 9.72. The van der Waals surface area contributed by atoms with Gasteiger partial charge in [0.05, 0.1) is 11.7 Å². The number of piperidine rings is 1. The first kappa shape index (κ1) is 26.6. The van der Waals surface area contributed by atoms with Crippen molar-refractivity contribution in [1.29, 1.82) is 0 Å². The third-order valence-electron chi connectivity index (χ3n) is 7.96. The largest absolute Gasteiger partial charge is 0.390 e. The number of urea groups is 1. The van der Waals surface area contributed by atoms with Crippen LogP contribution in [0.15, 0.2) is 48.5 Å². The summed E-state index contributed by atoms with van der Waals surface area (Å²) >= 11 is 0. The highest BCUT2D eigenvalue weighted by molar-refractivity contribution is 5.75. The van der Waals surface area contributed by atoms with Crippen LogP contribution in [0.1, 0.15) is 43.2 Å². The molecular weight excluding hydrogens is 454 g/mol. The minimum Gasteiger partial charge on any atom is -0.390 e. The molecule has 2 fully saturated rings. The summed E-state index contributed by atoms with van der Waals surface area (Å²) in [6.07, 6.45) is 3.27. The van der Waals surface area contributed by atoms with Crippen molar-refractivity contribution in [3.8, 4) is 11.1 Å². The van der Waals surface area contributed by atoms with Gasteiger partial charge in [0, 0.05) is 51.9 Å². The Morgan fingerprint density at radius 1 is 1.06 bits per heavy atom. The van der Waals surface area contributed by atoms with Crippen molar-refractivity contribution in [3.05, 3.63) is 59.7 Å². The molecule has 4 atom stereocenters. The van der Waals surface area contributed by atoms with Crippen LogP contribution in [0.25, 0.3) is 11.1 Å². The van der Waals surface area contributed by atoms with Crippen LogP contribution in [0, 0.1) is 12.8 Å². The number of β-amino-alcohol motifs (C(OH)–C–C–N with tert-alkyl or cyclic N) is 1. The zero-order valence-corrected chi connectivity index (χ0v) is 21.6. The van der Waals surface area contributed by atoms with Gasteiger partial charge in [0.1, 0.15) is 0 Å². The Bertz CT molecular complexity index is 1020. The summed E-state index contributed by atoms with van der Waals surface area (Å²) in [5, 5.41) is 22.6. The standard InChI is InChI=1S/C29H41N3O4/c1-21-10-3-4-12-23(21)24-13-5-6-14-25(24)29(35,15-7-8-17-36-2)22-11-9-16-31(18-22)28(34)32-19-26(30)27(33)20-32/h3-6,10,12-14,22,26-27,33,35H,7-9,11,15-20,30H2,1-2H3/t22-,26-,27+,29+/m1/s1. The number of ether oxygens (including phenoxy) is 1. The molecule has 0 saturated carbocycles. The molecule has 196 valence electrons. The molecular formula is C29H41N3O4. The van der Waals surface area contributed by atoms with E-state index in [1.165, 1.54) is 0 Å². The molecule has 0 aliphatic carbocycles. The number of likely N-dealkylation sites (tertiary alicyclic amines) is 2. The van der Waals surface area contributed by atoms with Crippen molar-refractivity contribution in [2.75, 3.05) is 39.9 Å². The van der Waals surface area contributed by atoms with Crippen LogP contribution >= 0.6 is 0 Å². The minimum absolute atomic E-state index is 0.0966. The van der Waals surface area contributed by atoms with Crippen molar-refractivity contribution in [1.82, 2.24) is 9.80 Å². The van der Waals surface area contributed by atoms with Gasteiger partial charge in [0.25, 0.3) is 0 Å². The van der Waals surface area contributed by atoms with E-state index in [2.05, 4.69) is 31.2 Å². The molecule has 7 heteroatoms. The van der Waals surface area contributed by atoms with E-state index >= 15 is 0 Å². The van der Waals surface area contributed by atoms with E-state index in [0.717, 1.165) is 47.9 Å². The van der Waals surface area contributed by atoms with E-state index in [0.29, 0.717) is 32.7 Å². The normalized spacial score (nSPS) is 24.1. The van der Waals surface area contributed by atoms with Crippen LogP contribution in [0.4, 0.5) is 4.79 Å². The van der Waals surface area contributed by atoms with Gasteiger partial charge in [0.15, 0.2) is 0 Å². The predicted octanol–water partition coefficient (Wildman–Crippen LogP) is 3.50. The quantitative estimate of drug-likeness (QED) is 0.487. The molecule has 0 radical (unpaired) electrons. The fourth-order valence-electron chi connectivity index (χ4n) is 5.88. The maximum Gasteiger partial charge on any atom is 0.320 e. The van der Waals surface area contributed by atoms with Crippen molar-refractivity contribution in [2.24, 2.45) is 11.7 Å². The number of methoxy groups -OCH3 is 1. The fourth-order valence-corrected chi connectivity index (χ4v) is 5.88. The lowest BCUT2D eigenvalue weighted by Gasteiger charge is -2.44. The molecule has 7 nitrogen and oxygen atoms in total. The number of benzene rings is 2. The van der Waals surface area contributed by atoms with Crippen LogP contribution in [-0.2, 0) is 10.3 Å². The summed E-state index contributed by atoms with van der Waals surface area (Å²) < 4.78 is 5.27. The molecule has 36 heavy (non-hydrogen) atoms. The van der Waals surface area contributed by atoms with Gasteiger partial charge in [-0.05, 0) is 61.3 Å². The highest BCUT2D eigenvalue weighted by Gasteiger charge is 2.43. The van der Waals surface area contributed by atoms with Crippen LogP contribution in [0.3, 0.4) is 0 Å². The second-order valence-corrected chi connectivity index (χ2v) is 10.4. The zero-order chi connectivity index (χ0) is 25.7. The van der Waals surface area contributed by atoms with Gasteiger partial charge in [-0.3, -0.25) is 0 Å². The summed E-state index contributed by atoms with van der Waals surface area (Å²) in [7, 11) is 1.70. The smallest absolute Gasteiger partial charge is 0.320 e. The van der Waals surface area contributed by atoms with Gasteiger partial charge >= 0.3 is 6.03 Å². The molecule has 2 aromatic rings. The third-order valence-corrected chi connectivity index (χ3v) is 7.96. The van der Waals surface area contributed by atoms with Gasteiger partial charge < -0.3 is 30.5 Å². The van der Waals surface area contributed by atoms with Gasteiger partial charge in [-0.1, -0.05) is 48.5 Å². The number of carbonyl (C=O) groups excluding carboxylic acids is 1. The third kappa shape index (κ3) is 5.59. The molecule has 4 rings (SSSR count). The Morgan fingerprint density at radius 3 is 2.47 bits per heavy atom. The minimum atomic E-state index is -1.09. The first-order valence-electron chi connectivity index (χ1n) is 13.2. The molecule has 0 aromatic heterocycles. The van der Waals surface area contributed by atoms with E-state index in [1.807, 2.05) is 29.2 Å². The first-order valence-corrected chi connectivity index (χ1v) is 13.2. The molecule has 2 aliphatic heterocycles. The number of aliphatic hydroxyl groups excluding tert-OH is 1. The summed E-state index contributed by atoms with van der Waals surface area (Å²) in [6.45, 7) is 4.50. The fraction of sp³-hybridized carbons (Fsp3) is 0.552.